The third-order valence-corrected chi connectivity index (χ3v) is 6.40. The number of furan rings is 1. The third-order valence-electron chi connectivity index (χ3n) is 6.40. The van der Waals surface area contributed by atoms with Gasteiger partial charge in [0, 0.05) is 23.7 Å². The van der Waals surface area contributed by atoms with Crippen molar-refractivity contribution in [2.24, 2.45) is 0 Å². The molecule has 1 saturated heterocycles. The molecular formula is C27H26N2O3. The van der Waals surface area contributed by atoms with Gasteiger partial charge in [-0.25, -0.2) is 4.98 Å². The summed E-state index contributed by atoms with van der Waals surface area (Å²) in [7, 11) is 0. The number of benzene rings is 2. The van der Waals surface area contributed by atoms with Crippen LogP contribution in [0.2, 0.25) is 0 Å². The van der Waals surface area contributed by atoms with Crippen molar-refractivity contribution in [2.75, 3.05) is 6.54 Å². The average molecular weight is 427 g/mol. The van der Waals surface area contributed by atoms with E-state index in [4.69, 9.17) is 4.42 Å². The van der Waals surface area contributed by atoms with E-state index in [1.807, 2.05) is 29.2 Å². The van der Waals surface area contributed by atoms with Gasteiger partial charge in [0.2, 0.25) is 5.71 Å². The lowest BCUT2D eigenvalue weighted by Crippen LogP contribution is -2.44. The summed E-state index contributed by atoms with van der Waals surface area (Å²) in [6.07, 6.45) is 4.51. The van der Waals surface area contributed by atoms with Gasteiger partial charge in [-0.1, -0.05) is 55.0 Å². The second kappa shape index (κ2) is 8.60. The number of carboxylic acid groups (broad SMARTS) is 1. The van der Waals surface area contributed by atoms with Crippen molar-refractivity contribution in [1.82, 2.24) is 9.88 Å². The topological polar surface area (TPSA) is 66.6 Å². The van der Waals surface area contributed by atoms with E-state index in [1.165, 1.54) is 11.1 Å². The predicted molar refractivity (Wildman–Crippen MR) is 125 cm³/mol. The van der Waals surface area contributed by atoms with E-state index in [0.717, 1.165) is 47.2 Å². The molecule has 1 aliphatic heterocycles. The standard InChI is InChI=1S/C27H26N2O3/c1-18-22(20-8-3-2-4-9-20)10-7-11-23(18)25-15-21-14-19(16-28-26(21)32-25)17-29-13-6-5-12-24(29)27(30)31/h2-4,7-11,14-16,24H,5-6,12-13,17H2,1H3,(H,30,31)/t24-/m0/s1. The van der Waals surface area contributed by atoms with Crippen LogP contribution in [0, 0.1) is 6.92 Å². The monoisotopic (exact) mass is 426 g/mol. The first-order valence-corrected chi connectivity index (χ1v) is 11.1. The van der Waals surface area contributed by atoms with Gasteiger partial charge in [-0.15, -0.1) is 0 Å². The van der Waals surface area contributed by atoms with Crippen molar-refractivity contribution in [3.05, 3.63) is 78.0 Å². The summed E-state index contributed by atoms with van der Waals surface area (Å²) < 4.78 is 6.11. The van der Waals surface area contributed by atoms with E-state index in [0.29, 0.717) is 18.7 Å². The summed E-state index contributed by atoms with van der Waals surface area (Å²) in [5, 5.41) is 10.5. The number of carbonyl (C=O) groups is 1. The second-order valence-electron chi connectivity index (χ2n) is 8.51. The van der Waals surface area contributed by atoms with Crippen molar-refractivity contribution in [1.29, 1.82) is 0 Å². The predicted octanol–water partition coefficient (Wildman–Crippen LogP) is 5.91. The number of carboxylic acids is 1. The molecule has 1 fully saturated rings. The molecule has 1 aliphatic rings. The van der Waals surface area contributed by atoms with Gasteiger partial charge in [-0.2, -0.15) is 0 Å². The minimum absolute atomic E-state index is 0.414. The van der Waals surface area contributed by atoms with E-state index in [1.54, 1.807) is 6.20 Å². The van der Waals surface area contributed by atoms with Gasteiger partial charge in [0.15, 0.2) is 0 Å². The Morgan fingerprint density at radius 1 is 1.09 bits per heavy atom. The molecule has 4 aromatic rings. The maximum absolute atomic E-state index is 11.6. The van der Waals surface area contributed by atoms with Crippen molar-refractivity contribution in [3.8, 4) is 22.5 Å². The molecule has 162 valence electrons. The maximum atomic E-state index is 11.6. The van der Waals surface area contributed by atoms with E-state index in [9.17, 15) is 9.90 Å². The third kappa shape index (κ3) is 3.92. The summed E-state index contributed by atoms with van der Waals surface area (Å²) in [4.78, 5) is 18.2. The van der Waals surface area contributed by atoms with E-state index in [2.05, 4.69) is 48.3 Å². The molecule has 0 radical (unpaired) electrons. The zero-order chi connectivity index (χ0) is 22.1. The maximum Gasteiger partial charge on any atom is 0.320 e. The molecule has 32 heavy (non-hydrogen) atoms. The highest BCUT2D eigenvalue weighted by Gasteiger charge is 2.28. The second-order valence-corrected chi connectivity index (χ2v) is 8.51. The molecule has 3 heterocycles. The Bertz CT molecular complexity index is 1260. The summed E-state index contributed by atoms with van der Waals surface area (Å²) in [5.41, 5.74) is 6.18. The highest BCUT2D eigenvalue weighted by molar-refractivity contribution is 5.83. The van der Waals surface area contributed by atoms with E-state index < -0.39 is 12.0 Å². The highest BCUT2D eigenvalue weighted by atomic mass is 16.4. The molecular weight excluding hydrogens is 400 g/mol. The van der Waals surface area contributed by atoms with Gasteiger partial charge in [0.25, 0.3) is 0 Å². The SMILES string of the molecule is Cc1c(-c2ccccc2)cccc1-c1cc2cc(CN3CCCC[C@H]3C(=O)O)cnc2o1. The number of nitrogens with zero attached hydrogens (tertiary/aromatic N) is 2. The van der Waals surface area contributed by atoms with E-state index >= 15 is 0 Å². The summed E-state index contributed by atoms with van der Waals surface area (Å²) in [5.74, 6) is 0.0550. The van der Waals surface area contributed by atoms with Crippen LogP contribution in [0.3, 0.4) is 0 Å². The number of pyridine rings is 1. The molecule has 5 rings (SSSR count). The number of hydrogen-bond donors (Lipinski definition) is 1. The zero-order valence-corrected chi connectivity index (χ0v) is 18.1. The van der Waals surface area contributed by atoms with E-state index in [-0.39, 0.29) is 0 Å². The van der Waals surface area contributed by atoms with Crippen LogP contribution in [0.25, 0.3) is 33.6 Å². The average Bonchev–Trinajstić information content (AvgIpc) is 3.23. The van der Waals surface area contributed by atoms with Crippen LogP contribution in [-0.2, 0) is 11.3 Å². The Hall–Kier alpha value is -3.44. The molecule has 0 aliphatic carbocycles. The first-order valence-electron chi connectivity index (χ1n) is 11.1. The summed E-state index contributed by atoms with van der Waals surface area (Å²) >= 11 is 0. The lowest BCUT2D eigenvalue weighted by Gasteiger charge is -2.32. The molecule has 5 nitrogen and oxygen atoms in total. The first kappa shape index (κ1) is 20.5. The van der Waals surface area contributed by atoms with Crippen molar-refractivity contribution >= 4 is 17.1 Å². The Morgan fingerprint density at radius 2 is 1.91 bits per heavy atom. The van der Waals surface area contributed by atoms with Gasteiger partial charge in [-0.05, 0) is 60.7 Å². The van der Waals surface area contributed by atoms with Gasteiger partial charge >= 0.3 is 5.97 Å². The quantitative estimate of drug-likeness (QED) is 0.430. The minimum Gasteiger partial charge on any atom is -0.480 e. The number of piperidine rings is 1. The fraction of sp³-hybridized carbons (Fsp3) is 0.259. The molecule has 0 spiro atoms. The number of fused-ring (bicyclic) bond motifs is 1. The Kier molecular flexibility index (Phi) is 5.50. The largest absolute Gasteiger partial charge is 0.480 e. The Labute approximate surface area is 187 Å². The number of rotatable bonds is 5. The number of likely N-dealkylation sites (tertiary alicyclic amines) is 1. The molecule has 2 aromatic heterocycles. The lowest BCUT2D eigenvalue weighted by atomic mass is 9.95. The van der Waals surface area contributed by atoms with Crippen LogP contribution in [-0.4, -0.2) is 33.5 Å². The van der Waals surface area contributed by atoms with Crippen LogP contribution in [0.4, 0.5) is 0 Å². The van der Waals surface area contributed by atoms with Gasteiger partial charge in [-0.3, -0.25) is 9.69 Å². The Morgan fingerprint density at radius 3 is 2.72 bits per heavy atom. The molecule has 0 bridgehead atoms. The number of aromatic nitrogens is 1. The molecule has 0 amide bonds. The first-order chi connectivity index (χ1) is 15.6. The zero-order valence-electron chi connectivity index (χ0n) is 18.1. The number of aliphatic carboxylic acids is 1. The van der Waals surface area contributed by atoms with Crippen LogP contribution in [0.1, 0.15) is 30.4 Å². The smallest absolute Gasteiger partial charge is 0.320 e. The number of hydrogen-bond acceptors (Lipinski definition) is 4. The van der Waals surface area contributed by atoms with Crippen LogP contribution < -0.4 is 0 Å². The molecule has 5 heteroatoms. The van der Waals surface area contributed by atoms with Crippen LogP contribution in [0.5, 0.6) is 0 Å². The fourth-order valence-corrected chi connectivity index (χ4v) is 4.72. The normalized spacial score (nSPS) is 17.0. The fourth-order valence-electron chi connectivity index (χ4n) is 4.72. The molecule has 2 aromatic carbocycles. The highest BCUT2D eigenvalue weighted by Crippen LogP contribution is 2.34. The van der Waals surface area contributed by atoms with Gasteiger partial charge < -0.3 is 9.52 Å². The van der Waals surface area contributed by atoms with Gasteiger partial charge in [0.05, 0.1) is 0 Å². The van der Waals surface area contributed by atoms with Gasteiger partial charge in [0.1, 0.15) is 11.8 Å². The van der Waals surface area contributed by atoms with Crippen LogP contribution in [0.15, 0.2) is 71.3 Å². The summed E-state index contributed by atoms with van der Waals surface area (Å²) in [6, 6.07) is 20.3. The minimum atomic E-state index is -0.738. The van der Waals surface area contributed by atoms with Crippen molar-refractivity contribution in [2.45, 2.75) is 38.8 Å². The van der Waals surface area contributed by atoms with Crippen molar-refractivity contribution < 1.29 is 14.3 Å². The van der Waals surface area contributed by atoms with Crippen LogP contribution >= 0.6 is 0 Å². The molecule has 1 atom stereocenters. The summed E-state index contributed by atoms with van der Waals surface area (Å²) in [6.45, 7) is 3.51. The molecule has 0 saturated carbocycles. The lowest BCUT2D eigenvalue weighted by molar-refractivity contribution is -0.144. The molecule has 0 unspecified atom stereocenters. The molecule has 1 N–H and O–H groups in total. The van der Waals surface area contributed by atoms with Crippen molar-refractivity contribution in [3.63, 3.8) is 0 Å². The Balaban J connectivity index is 1.46.